The number of esters is 2. The summed E-state index contributed by atoms with van der Waals surface area (Å²) in [5.41, 5.74) is 0. The first-order chi connectivity index (χ1) is 28.7. The highest BCUT2D eigenvalue weighted by atomic mass is 31.2. The van der Waals surface area contributed by atoms with Gasteiger partial charge < -0.3 is 48.0 Å². The van der Waals surface area contributed by atoms with Crippen LogP contribution in [-0.2, 0) is 37.4 Å². The number of nitrogens with zero attached hydrogens (tertiary/aromatic N) is 1. The average Bonchev–Trinajstić information content (AvgIpc) is 3.18. The van der Waals surface area contributed by atoms with E-state index in [4.69, 9.17) is 23.3 Å². The molecule has 1 aliphatic heterocycles. The molecule has 1 heterocycles. The largest absolute Gasteiger partial charge is 0.756 e. The van der Waals surface area contributed by atoms with Crippen LogP contribution in [0.2, 0.25) is 0 Å². The lowest BCUT2D eigenvalue weighted by Crippen LogP contribution is -2.43. The minimum absolute atomic E-state index is 0.0291. The van der Waals surface area contributed by atoms with E-state index in [0.717, 1.165) is 57.8 Å². The number of hydrogen-bond donors (Lipinski definition) is 3. The first-order valence-electron chi connectivity index (χ1n) is 23.1. The summed E-state index contributed by atoms with van der Waals surface area (Å²) < 4.78 is 39.5. The molecule has 0 saturated carbocycles. The lowest BCUT2D eigenvalue weighted by atomic mass is 9.87. The topological polar surface area (TPSA) is 181 Å². The van der Waals surface area contributed by atoms with E-state index < -0.39 is 57.1 Å². The van der Waals surface area contributed by atoms with Crippen LogP contribution in [0.4, 0.5) is 0 Å². The standard InChI is InChI=1S/C46H84NO12P/c1-6-8-10-11-12-13-14-15-16-17-18-19-20-21-26-30-44(50)55-37-40(38-57-60(53,54)56-35-34-47(3,4)5)58-45(51)31-27-23-22-25-29-41-42(49)36-46(52)59-43(41)33-32-39(48)28-24-9-7-2/h15-16,22,25,32-33,39-43,46,48-49,52H,6-14,17-21,23-24,26-31,34-38H2,1-5H3/b16-15-,25-22-,33-32+/t39-,40+,41-,42-,43+,46?/m0/s1. The molecule has 0 aromatic carbocycles. The third-order valence-electron chi connectivity index (χ3n) is 10.4. The summed E-state index contributed by atoms with van der Waals surface area (Å²) in [6.45, 7) is 3.78. The maximum Gasteiger partial charge on any atom is 0.306 e. The SMILES string of the molecule is CCCCCCCC/C=C\CCCCCCCC(=O)OC[C@H](COP(=O)([O-])OCC[N+](C)(C)C)OC(=O)CCC/C=C\C[C@H]1[C@@H](O)CC(O)O[C@@H]1/C=C/[C@@H](O)CCCCC. The van der Waals surface area contributed by atoms with Crippen molar-refractivity contribution in [2.24, 2.45) is 5.92 Å². The van der Waals surface area contributed by atoms with Gasteiger partial charge in [0.05, 0.1) is 46.1 Å². The fraction of sp³-hybridized carbons (Fsp3) is 0.826. The van der Waals surface area contributed by atoms with Crippen LogP contribution < -0.4 is 4.89 Å². The van der Waals surface area contributed by atoms with Gasteiger partial charge in [0, 0.05) is 25.2 Å². The molecule has 0 bridgehead atoms. The molecule has 0 spiro atoms. The molecule has 1 aliphatic rings. The van der Waals surface area contributed by atoms with Gasteiger partial charge in [-0.2, -0.15) is 0 Å². The molecule has 7 atom stereocenters. The lowest BCUT2D eigenvalue weighted by molar-refractivity contribution is -0.870. The van der Waals surface area contributed by atoms with Gasteiger partial charge in [0.15, 0.2) is 12.4 Å². The Morgan fingerprint density at radius 3 is 2.03 bits per heavy atom. The third kappa shape index (κ3) is 31.8. The van der Waals surface area contributed by atoms with E-state index in [2.05, 4.69) is 26.0 Å². The van der Waals surface area contributed by atoms with Crippen LogP contribution in [0.3, 0.4) is 0 Å². The number of quaternary nitrogens is 1. The zero-order chi connectivity index (χ0) is 44.5. The monoisotopic (exact) mass is 874 g/mol. The van der Waals surface area contributed by atoms with Gasteiger partial charge in [0.25, 0.3) is 7.82 Å². The van der Waals surface area contributed by atoms with E-state index in [1.165, 1.54) is 38.5 Å². The zero-order valence-corrected chi connectivity index (χ0v) is 38.8. The molecule has 1 fully saturated rings. The molecule has 2 unspecified atom stereocenters. The quantitative estimate of drug-likeness (QED) is 0.0179. The molecule has 60 heavy (non-hydrogen) atoms. The number of aliphatic hydroxyl groups excluding tert-OH is 3. The van der Waals surface area contributed by atoms with E-state index >= 15 is 0 Å². The number of hydrogen-bond acceptors (Lipinski definition) is 12. The molecular formula is C46H84NO12P. The van der Waals surface area contributed by atoms with Crippen molar-refractivity contribution in [3.05, 3.63) is 36.5 Å². The Morgan fingerprint density at radius 2 is 1.37 bits per heavy atom. The number of allylic oxidation sites excluding steroid dienone is 4. The van der Waals surface area contributed by atoms with Crippen LogP contribution in [0.15, 0.2) is 36.5 Å². The highest BCUT2D eigenvalue weighted by Crippen LogP contribution is 2.38. The number of carbonyl (C=O) groups excluding carboxylic acids is 2. The summed E-state index contributed by atoms with van der Waals surface area (Å²) in [4.78, 5) is 37.8. The molecule has 1 rings (SSSR count). The molecule has 0 aromatic rings. The highest BCUT2D eigenvalue weighted by Gasteiger charge is 2.35. The van der Waals surface area contributed by atoms with Gasteiger partial charge in [-0.05, 0) is 57.8 Å². The molecule has 13 nitrogen and oxygen atoms in total. The zero-order valence-electron chi connectivity index (χ0n) is 37.9. The van der Waals surface area contributed by atoms with Crippen LogP contribution in [0.25, 0.3) is 0 Å². The summed E-state index contributed by atoms with van der Waals surface area (Å²) >= 11 is 0. The number of rotatable bonds is 37. The van der Waals surface area contributed by atoms with Gasteiger partial charge in [0.1, 0.15) is 19.8 Å². The molecule has 1 saturated heterocycles. The van der Waals surface area contributed by atoms with Crippen molar-refractivity contribution in [1.82, 2.24) is 0 Å². The van der Waals surface area contributed by atoms with E-state index in [1.807, 2.05) is 33.3 Å². The second-order valence-electron chi connectivity index (χ2n) is 17.3. The van der Waals surface area contributed by atoms with E-state index in [1.54, 1.807) is 12.2 Å². The van der Waals surface area contributed by atoms with Gasteiger partial charge in [-0.1, -0.05) is 121 Å². The number of phosphoric ester groups is 1. The Kier molecular flexibility index (Phi) is 32.3. The molecule has 14 heteroatoms. The maximum atomic E-state index is 12.8. The van der Waals surface area contributed by atoms with Gasteiger partial charge in [-0.3, -0.25) is 14.2 Å². The van der Waals surface area contributed by atoms with Crippen molar-refractivity contribution in [1.29, 1.82) is 0 Å². The Balaban J connectivity index is 2.54. The number of unbranched alkanes of at least 4 members (excludes halogenated alkanes) is 14. The Bertz CT molecular complexity index is 1240. The molecule has 0 aliphatic carbocycles. The first-order valence-corrected chi connectivity index (χ1v) is 24.6. The summed E-state index contributed by atoms with van der Waals surface area (Å²) in [6, 6.07) is 0. The minimum Gasteiger partial charge on any atom is -0.756 e. The molecule has 0 amide bonds. The molecule has 350 valence electrons. The van der Waals surface area contributed by atoms with Crippen LogP contribution in [0.5, 0.6) is 0 Å². The molecule has 0 aromatic heterocycles. The van der Waals surface area contributed by atoms with E-state index in [0.29, 0.717) is 43.1 Å². The van der Waals surface area contributed by atoms with Crippen molar-refractivity contribution in [3.8, 4) is 0 Å². The smallest absolute Gasteiger partial charge is 0.306 e. The minimum atomic E-state index is -4.71. The van der Waals surface area contributed by atoms with Crippen LogP contribution in [0.1, 0.15) is 162 Å². The molecule has 0 radical (unpaired) electrons. The van der Waals surface area contributed by atoms with Crippen molar-refractivity contribution in [3.63, 3.8) is 0 Å². The third-order valence-corrected chi connectivity index (χ3v) is 11.4. The fourth-order valence-corrected chi connectivity index (χ4v) is 7.42. The molecule has 3 N–H and O–H groups in total. The number of ether oxygens (including phenoxy) is 3. The number of aliphatic hydroxyl groups is 3. The van der Waals surface area contributed by atoms with Crippen molar-refractivity contribution in [2.75, 3.05) is 47.5 Å². The summed E-state index contributed by atoms with van der Waals surface area (Å²) in [5, 5.41) is 31.0. The number of likely N-dealkylation sites (N-methyl/N-ethyl adjacent to an activating group) is 1. The maximum absolute atomic E-state index is 12.8. The van der Waals surface area contributed by atoms with Gasteiger partial charge >= 0.3 is 11.9 Å². The fourth-order valence-electron chi connectivity index (χ4n) is 6.69. The highest BCUT2D eigenvalue weighted by molar-refractivity contribution is 7.45. The Morgan fingerprint density at radius 1 is 0.783 bits per heavy atom. The van der Waals surface area contributed by atoms with Crippen molar-refractivity contribution < 1.29 is 62.1 Å². The van der Waals surface area contributed by atoms with Gasteiger partial charge in [0.2, 0.25) is 0 Å². The van der Waals surface area contributed by atoms with Crippen molar-refractivity contribution in [2.45, 2.75) is 192 Å². The number of carbonyl (C=O) groups is 2. The molecular weight excluding hydrogens is 789 g/mol. The van der Waals surface area contributed by atoms with Crippen LogP contribution >= 0.6 is 7.82 Å². The van der Waals surface area contributed by atoms with Crippen LogP contribution in [-0.4, -0.2) is 110 Å². The van der Waals surface area contributed by atoms with E-state index in [9.17, 15) is 34.4 Å². The second-order valence-corrected chi connectivity index (χ2v) is 18.7. The Hall–Kier alpha value is -1.93. The predicted molar refractivity (Wildman–Crippen MR) is 235 cm³/mol. The lowest BCUT2D eigenvalue weighted by Gasteiger charge is -2.36. The average molecular weight is 874 g/mol. The summed E-state index contributed by atoms with van der Waals surface area (Å²) in [5.74, 6) is -1.36. The normalized spacial score (nSPS) is 20.8. The van der Waals surface area contributed by atoms with Gasteiger partial charge in [-0.15, -0.1) is 0 Å². The predicted octanol–water partition coefficient (Wildman–Crippen LogP) is 8.39. The van der Waals surface area contributed by atoms with E-state index in [-0.39, 0.29) is 38.4 Å². The number of phosphoric acid groups is 1. The summed E-state index contributed by atoms with van der Waals surface area (Å²) in [7, 11) is 0.992. The first kappa shape index (κ1) is 56.1. The second kappa shape index (κ2) is 34.5. The van der Waals surface area contributed by atoms with Crippen molar-refractivity contribution >= 4 is 19.8 Å². The Labute approximate surface area is 363 Å². The summed E-state index contributed by atoms with van der Waals surface area (Å²) in [6.07, 6.45) is 27.9. The van der Waals surface area contributed by atoms with Gasteiger partial charge in [-0.25, -0.2) is 0 Å². The van der Waals surface area contributed by atoms with Crippen LogP contribution in [0, 0.1) is 5.92 Å².